The average Bonchev–Trinajstić information content (AvgIpc) is 2.69. The predicted octanol–water partition coefficient (Wildman–Crippen LogP) is 3.72. The summed E-state index contributed by atoms with van der Waals surface area (Å²) in [6, 6.07) is 10.9. The first-order chi connectivity index (χ1) is 6.37. The minimum atomic E-state index is 0.418. The maximum atomic E-state index is 4.12. The highest BCUT2D eigenvalue weighted by Gasteiger charge is 2.33. The summed E-state index contributed by atoms with van der Waals surface area (Å²) in [5.74, 6) is 0. The van der Waals surface area contributed by atoms with Crippen LogP contribution in [0.15, 0.2) is 30.3 Å². The molecule has 0 unspecified atom stereocenters. The molecule has 2 rings (SSSR count). The summed E-state index contributed by atoms with van der Waals surface area (Å²) in [4.78, 5) is 0. The molecular weight excluding hydrogens is 156 g/mol. The third-order valence-electron chi connectivity index (χ3n) is 3.43. The van der Waals surface area contributed by atoms with Crippen molar-refractivity contribution >= 4 is 0 Å². The lowest BCUT2D eigenvalue weighted by atomic mass is 9.77. The Bertz CT molecular complexity index is 255. The molecule has 1 aliphatic carbocycles. The van der Waals surface area contributed by atoms with Crippen LogP contribution in [0.2, 0.25) is 0 Å². The Morgan fingerprint density at radius 2 is 1.69 bits per heavy atom. The van der Waals surface area contributed by atoms with E-state index in [1.165, 1.54) is 31.2 Å². The van der Waals surface area contributed by atoms with Crippen molar-refractivity contribution in [1.82, 2.24) is 0 Å². The SMILES string of the molecule is [CH2]CC1(c2ccccc2)CCCC1. The monoisotopic (exact) mass is 173 g/mol. The van der Waals surface area contributed by atoms with Crippen LogP contribution in [-0.4, -0.2) is 0 Å². The van der Waals surface area contributed by atoms with Gasteiger partial charge in [-0.3, -0.25) is 0 Å². The molecule has 0 saturated heterocycles. The maximum absolute atomic E-state index is 4.12. The highest BCUT2D eigenvalue weighted by Crippen LogP contribution is 2.43. The fourth-order valence-electron chi connectivity index (χ4n) is 2.53. The zero-order valence-corrected chi connectivity index (χ0v) is 8.13. The second-order valence-electron chi connectivity index (χ2n) is 4.10. The van der Waals surface area contributed by atoms with Crippen molar-refractivity contribution in [3.05, 3.63) is 42.8 Å². The molecule has 1 aliphatic rings. The van der Waals surface area contributed by atoms with E-state index in [0.717, 1.165) is 6.42 Å². The number of hydrogen-bond donors (Lipinski definition) is 0. The van der Waals surface area contributed by atoms with Gasteiger partial charge in [-0.1, -0.05) is 50.1 Å². The highest BCUT2D eigenvalue weighted by molar-refractivity contribution is 5.26. The molecule has 69 valence electrons. The molecule has 1 radical (unpaired) electrons. The number of benzene rings is 1. The van der Waals surface area contributed by atoms with Gasteiger partial charge in [0.05, 0.1) is 0 Å². The summed E-state index contributed by atoms with van der Waals surface area (Å²) in [6.07, 6.45) is 6.48. The topological polar surface area (TPSA) is 0 Å². The van der Waals surface area contributed by atoms with Crippen LogP contribution in [0.3, 0.4) is 0 Å². The molecule has 1 saturated carbocycles. The maximum Gasteiger partial charge on any atom is -0.00470 e. The smallest absolute Gasteiger partial charge is 0.00470 e. The van der Waals surface area contributed by atoms with E-state index in [4.69, 9.17) is 0 Å². The first kappa shape index (κ1) is 8.80. The van der Waals surface area contributed by atoms with Crippen molar-refractivity contribution in [2.75, 3.05) is 0 Å². The minimum Gasteiger partial charge on any atom is -0.0622 e. The van der Waals surface area contributed by atoms with Gasteiger partial charge in [-0.2, -0.15) is 0 Å². The quantitative estimate of drug-likeness (QED) is 0.639. The van der Waals surface area contributed by atoms with E-state index in [1.807, 2.05) is 0 Å². The lowest BCUT2D eigenvalue weighted by Gasteiger charge is -2.27. The van der Waals surface area contributed by atoms with Crippen molar-refractivity contribution in [1.29, 1.82) is 0 Å². The third-order valence-corrected chi connectivity index (χ3v) is 3.43. The molecule has 0 N–H and O–H groups in total. The van der Waals surface area contributed by atoms with Crippen LogP contribution in [0.4, 0.5) is 0 Å². The summed E-state index contributed by atoms with van der Waals surface area (Å²) < 4.78 is 0. The van der Waals surface area contributed by atoms with Gasteiger partial charge in [0.15, 0.2) is 0 Å². The lowest BCUT2D eigenvalue weighted by Crippen LogP contribution is -2.20. The third kappa shape index (κ3) is 1.50. The molecule has 0 heteroatoms. The Labute approximate surface area is 81.0 Å². The van der Waals surface area contributed by atoms with E-state index in [1.54, 1.807) is 0 Å². The lowest BCUT2D eigenvalue weighted by molar-refractivity contribution is 0.445. The van der Waals surface area contributed by atoms with E-state index in [2.05, 4.69) is 37.3 Å². The highest BCUT2D eigenvalue weighted by atomic mass is 14.4. The van der Waals surface area contributed by atoms with E-state index in [9.17, 15) is 0 Å². The largest absolute Gasteiger partial charge is 0.0622 e. The van der Waals surface area contributed by atoms with Crippen molar-refractivity contribution in [3.8, 4) is 0 Å². The van der Waals surface area contributed by atoms with Crippen LogP contribution in [-0.2, 0) is 5.41 Å². The second kappa shape index (κ2) is 3.53. The molecule has 0 atom stereocenters. The van der Waals surface area contributed by atoms with Crippen LogP contribution >= 0.6 is 0 Å². The zero-order chi connectivity index (χ0) is 9.15. The van der Waals surface area contributed by atoms with Crippen LogP contribution < -0.4 is 0 Å². The molecule has 0 heterocycles. The molecule has 1 aromatic rings. The minimum absolute atomic E-state index is 0.418. The molecule has 1 aromatic carbocycles. The molecule has 0 aromatic heterocycles. The van der Waals surface area contributed by atoms with Crippen molar-refractivity contribution in [3.63, 3.8) is 0 Å². The standard InChI is InChI=1S/C13H17/c1-2-13(10-6-7-11-13)12-8-4-3-5-9-12/h3-5,8-9H,1-2,6-7,10-11H2. The molecule has 0 nitrogen and oxygen atoms in total. The van der Waals surface area contributed by atoms with Crippen LogP contribution in [0.25, 0.3) is 0 Å². The summed E-state index contributed by atoms with van der Waals surface area (Å²) >= 11 is 0. The fourth-order valence-corrected chi connectivity index (χ4v) is 2.53. The molecule has 1 fully saturated rings. The summed E-state index contributed by atoms with van der Waals surface area (Å²) in [5.41, 5.74) is 1.92. The van der Waals surface area contributed by atoms with Gasteiger partial charge in [-0.05, 0) is 30.2 Å². The normalized spacial score (nSPS) is 20.4. The van der Waals surface area contributed by atoms with E-state index < -0.39 is 0 Å². The van der Waals surface area contributed by atoms with E-state index in [-0.39, 0.29) is 0 Å². The van der Waals surface area contributed by atoms with Crippen LogP contribution in [0.1, 0.15) is 37.7 Å². The Morgan fingerprint density at radius 3 is 2.23 bits per heavy atom. The Kier molecular flexibility index (Phi) is 2.39. The van der Waals surface area contributed by atoms with Gasteiger partial charge in [-0.15, -0.1) is 0 Å². The molecule has 0 amide bonds. The molecule has 0 aliphatic heterocycles. The zero-order valence-electron chi connectivity index (χ0n) is 8.13. The van der Waals surface area contributed by atoms with Crippen molar-refractivity contribution in [2.24, 2.45) is 0 Å². The van der Waals surface area contributed by atoms with Gasteiger partial charge in [0.1, 0.15) is 0 Å². The van der Waals surface area contributed by atoms with Crippen LogP contribution in [0.5, 0.6) is 0 Å². The molecular formula is C13H17. The van der Waals surface area contributed by atoms with E-state index >= 15 is 0 Å². The summed E-state index contributed by atoms with van der Waals surface area (Å²) in [7, 11) is 0. The summed E-state index contributed by atoms with van der Waals surface area (Å²) in [6.45, 7) is 4.12. The van der Waals surface area contributed by atoms with Gasteiger partial charge in [0, 0.05) is 0 Å². The summed E-state index contributed by atoms with van der Waals surface area (Å²) in [5, 5.41) is 0. The number of hydrogen-bond acceptors (Lipinski definition) is 0. The Morgan fingerprint density at radius 1 is 1.08 bits per heavy atom. The Hall–Kier alpha value is -0.780. The molecule has 13 heavy (non-hydrogen) atoms. The Balaban J connectivity index is 2.31. The van der Waals surface area contributed by atoms with Gasteiger partial charge < -0.3 is 0 Å². The first-order valence-electron chi connectivity index (χ1n) is 5.22. The van der Waals surface area contributed by atoms with Crippen molar-refractivity contribution in [2.45, 2.75) is 37.5 Å². The number of rotatable bonds is 2. The fraction of sp³-hybridized carbons (Fsp3) is 0.462. The molecule has 0 spiro atoms. The van der Waals surface area contributed by atoms with Gasteiger partial charge in [-0.25, -0.2) is 0 Å². The predicted molar refractivity (Wildman–Crippen MR) is 56.6 cm³/mol. The van der Waals surface area contributed by atoms with Gasteiger partial charge in [0.2, 0.25) is 0 Å². The van der Waals surface area contributed by atoms with Crippen LogP contribution in [0, 0.1) is 6.92 Å². The van der Waals surface area contributed by atoms with Gasteiger partial charge >= 0.3 is 0 Å². The van der Waals surface area contributed by atoms with E-state index in [0.29, 0.717) is 5.41 Å². The first-order valence-corrected chi connectivity index (χ1v) is 5.22. The molecule has 0 bridgehead atoms. The van der Waals surface area contributed by atoms with Crippen molar-refractivity contribution < 1.29 is 0 Å². The average molecular weight is 173 g/mol. The van der Waals surface area contributed by atoms with Gasteiger partial charge in [0.25, 0.3) is 0 Å². The second-order valence-corrected chi connectivity index (χ2v) is 4.10.